The van der Waals surface area contributed by atoms with Crippen molar-refractivity contribution in [1.82, 2.24) is 15.0 Å². The van der Waals surface area contributed by atoms with E-state index in [9.17, 15) is 9.59 Å². The average molecular weight is 270 g/mol. The van der Waals surface area contributed by atoms with Gasteiger partial charge in [-0.3, -0.25) is 5.32 Å². The summed E-state index contributed by atoms with van der Waals surface area (Å²) in [5.41, 5.74) is 0. The Morgan fingerprint density at radius 3 is 2.26 bits per heavy atom. The molecule has 104 valence electrons. The van der Waals surface area contributed by atoms with Gasteiger partial charge in [-0.1, -0.05) is 0 Å². The Kier molecular flexibility index (Phi) is 4.80. The minimum Gasteiger partial charge on any atom is -0.453 e. The van der Waals surface area contributed by atoms with E-state index in [-0.39, 0.29) is 17.8 Å². The van der Waals surface area contributed by atoms with E-state index in [1.54, 1.807) is 7.05 Å². The lowest BCUT2D eigenvalue weighted by Gasteiger charge is -2.14. The Labute approximate surface area is 109 Å². The van der Waals surface area contributed by atoms with Gasteiger partial charge in [0.2, 0.25) is 17.8 Å². The Hall–Kier alpha value is -2.65. The first kappa shape index (κ1) is 14.4. The summed E-state index contributed by atoms with van der Waals surface area (Å²) in [5.74, 6) is 0.127. The van der Waals surface area contributed by atoms with E-state index in [1.165, 1.54) is 21.3 Å². The van der Waals surface area contributed by atoms with Crippen LogP contribution in [0.2, 0.25) is 0 Å². The van der Waals surface area contributed by atoms with Gasteiger partial charge in [-0.2, -0.15) is 15.0 Å². The van der Waals surface area contributed by atoms with Crippen molar-refractivity contribution in [2.75, 3.05) is 43.8 Å². The highest BCUT2D eigenvalue weighted by molar-refractivity contribution is 5.86. The second-order valence-electron chi connectivity index (χ2n) is 3.18. The van der Waals surface area contributed by atoms with Gasteiger partial charge in [0.1, 0.15) is 0 Å². The zero-order valence-electron chi connectivity index (χ0n) is 10.9. The summed E-state index contributed by atoms with van der Waals surface area (Å²) in [6.07, 6.45) is -1.39. The number of carbonyl (C=O) groups excluding carboxylic acids is 2. The van der Waals surface area contributed by atoms with Crippen LogP contribution in [0.1, 0.15) is 0 Å². The monoisotopic (exact) mass is 270 g/mol. The maximum Gasteiger partial charge on any atom is 0.416 e. The van der Waals surface area contributed by atoms with E-state index in [2.05, 4.69) is 35.1 Å². The number of nitrogens with zero attached hydrogens (tertiary/aromatic N) is 4. The van der Waals surface area contributed by atoms with Gasteiger partial charge in [-0.05, 0) is 0 Å². The van der Waals surface area contributed by atoms with Gasteiger partial charge in [0.15, 0.2) is 0 Å². The summed E-state index contributed by atoms with van der Waals surface area (Å²) in [6, 6.07) is 0. The lowest BCUT2D eigenvalue weighted by molar-refractivity contribution is 0.180. The Morgan fingerprint density at radius 2 is 1.74 bits per heavy atom. The smallest absolute Gasteiger partial charge is 0.416 e. The van der Waals surface area contributed by atoms with Crippen LogP contribution in [0, 0.1) is 0 Å². The first-order valence-corrected chi connectivity index (χ1v) is 5.12. The summed E-state index contributed by atoms with van der Waals surface area (Å²) < 4.78 is 8.96. The van der Waals surface area contributed by atoms with E-state index in [0.29, 0.717) is 0 Å². The van der Waals surface area contributed by atoms with E-state index >= 15 is 0 Å². The molecule has 0 saturated carbocycles. The minimum absolute atomic E-state index is 0.0117. The van der Waals surface area contributed by atoms with Gasteiger partial charge in [-0.25, -0.2) is 14.5 Å². The molecule has 0 bridgehead atoms. The lowest BCUT2D eigenvalue weighted by Crippen LogP contribution is -2.28. The predicted octanol–water partition coefficient (Wildman–Crippen LogP) is 0.294. The lowest BCUT2D eigenvalue weighted by atomic mass is 10.7. The van der Waals surface area contributed by atoms with Crippen LogP contribution in [0.4, 0.5) is 27.4 Å². The van der Waals surface area contributed by atoms with Crippen molar-refractivity contribution in [3.63, 3.8) is 0 Å². The molecule has 0 atom stereocenters. The van der Waals surface area contributed by atoms with Crippen LogP contribution in [-0.2, 0) is 9.47 Å². The highest BCUT2D eigenvalue weighted by Gasteiger charge is 2.17. The van der Waals surface area contributed by atoms with Crippen molar-refractivity contribution in [2.45, 2.75) is 0 Å². The molecule has 19 heavy (non-hydrogen) atoms. The summed E-state index contributed by atoms with van der Waals surface area (Å²) >= 11 is 0. The number of carbonyl (C=O) groups is 2. The number of hydrogen-bond donors (Lipinski definition) is 2. The number of ether oxygens (including phenoxy) is 2. The summed E-state index contributed by atoms with van der Waals surface area (Å²) in [6.45, 7) is 0. The van der Waals surface area contributed by atoms with Gasteiger partial charge in [-0.15, -0.1) is 0 Å². The molecule has 0 spiro atoms. The van der Waals surface area contributed by atoms with Crippen molar-refractivity contribution in [2.24, 2.45) is 0 Å². The summed E-state index contributed by atoms with van der Waals surface area (Å²) in [4.78, 5) is 35.3. The van der Waals surface area contributed by atoms with Crippen molar-refractivity contribution < 1.29 is 19.1 Å². The molecule has 2 N–H and O–H groups in total. The average Bonchev–Trinajstić information content (AvgIpc) is 2.44. The third-order valence-electron chi connectivity index (χ3n) is 1.99. The standard InChI is InChI=1S/C9H14N6O4/c1-10-5-11-6(14-8(16)18-3)13-7(12-5)15(2)9(17)19-4/h1-4H3,(H2,10,11,12,13,14,16). The quantitative estimate of drug-likeness (QED) is 0.804. The summed E-state index contributed by atoms with van der Waals surface area (Å²) in [7, 11) is 5.44. The molecule has 0 aromatic carbocycles. The van der Waals surface area contributed by atoms with Crippen LogP contribution in [0.15, 0.2) is 0 Å². The normalized spacial score (nSPS) is 9.47. The molecule has 0 saturated heterocycles. The first-order chi connectivity index (χ1) is 9.01. The van der Waals surface area contributed by atoms with E-state index in [0.717, 1.165) is 4.90 Å². The maximum absolute atomic E-state index is 11.4. The van der Waals surface area contributed by atoms with E-state index < -0.39 is 12.2 Å². The van der Waals surface area contributed by atoms with Crippen molar-refractivity contribution in [1.29, 1.82) is 0 Å². The van der Waals surface area contributed by atoms with Gasteiger partial charge in [0.05, 0.1) is 14.2 Å². The zero-order valence-corrected chi connectivity index (χ0v) is 10.9. The number of nitrogens with one attached hydrogen (secondary N) is 2. The summed E-state index contributed by atoms with van der Waals surface area (Å²) in [5, 5.41) is 4.95. The molecule has 1 aromatic rings. The number of methoxy groups -OCH3 is 2. The molecule has 0 fully saturated rings. The van der Waals surface area contributed by atoms with Crippen LogP contribution >= 0.6 is 0 Å². The highest BCUT2D eigenvalue weighted by Crippen LogP contribution is 2.12. The minimum atomic E-state index is -0.736. The molecule has 10 nitrogen and oxygen atoms in total. The Morgan fingerprint density at radius 1 is 1.11 bits per heavy atom. The van der Waals surface area contributed by atoms with Crippen LogP contribution < -0.4 is 15.5 Å². The second-order valence-corrected chi connectivity index (χ2v) is 3.18. The zero-order chi connectivity index (χ0) is 14.4. The molecule has 10 heteroatoms. The predicted molar refractivity (Wildman–Crippen MR) is 66.2 cm³/mol. The molecular weight excluding hydrogens is 256 g/mol. The fourth-order valence-corrected chi connectivity index (χ4v) is 1.04. The van der Waals surface area contributed by atoms with E-state index in [4.69, 9.17) is 0 Å². The third kappa shape index (κ3) is 3.66. The maximum atomic E-state index is 11.4. The molecule has 1 heterocycles. The van der Waals surface area contributed by atoms with Gasteiger partial charge < -0.3 is 14.8 Å². The molecule has 0 radical (unpaired) electrons. The van der Waals surface area contributed by atoms with Crippen molar-refractivity contribution in [3.05, 3.63) is 0 Å². The number of amides is 2. The molecule has 1 rings (SSSR count). The largest absolute Gasteiger partial charge is 0.453 e. The second kappa shape index (κ2) is 6.33. The van der Waals surface area contributed by atoms with Crippen LogP contribution in [0.25, 0.3) is 0 Å². The molecule has 0 unspecified atom stereocenters. The Bertz CT molecular complexity index is 480. The first-order valence-electron chi connectivity index (χ1n) is 5.12. The van der Waals surface area contributed by atoms with Gasteiger partial charge >= 0.3 is 12.2 Å². The third-order valence-corrected chi connectivity index (χ3v) is 1.99. The topological polar surface area (TPSA) is 119 Å². The fraction of sp³-hybridized carbons (Fsp3) is 0.444. The Balaban J connectivity index is 3.07. The van der Waals surface area contributed by atoms with Crippen LogP contribution in [-0.4, -0.2) is 55.5 Å². The van der Waals surface area contributed by atoms with Gasteiger partial charge in [0.25, 0.3) is 0 Å². The number of anilines is 3. The van der Waals surface area contributed by atoms with Crippen LogP contribution in [0.5, 0.6) is 0 Å². The highest BCUT2D eigenvalue weighted by atomic mass is 16.5. The molecule has 0 aliphatic rings. The molecular formula is C9H14N6O4. The number of aromatic nitrogens is 3. The molecule has 0 aliphatic carbocycles. The molecule has 0 aliphatic heterocycles. The number of rotatable bonds is 3. The molecule has 2 amide bonds. The van der Waals surface area contributed by atoms with Gasteiger partial charge in [0, 0.05) is 14.1 Å². The fourth-order valence-electron chi connectivity index (χ4n) is 1.04. The van der Waals surface area contributed by atoms with Crippen LogP contribution in [0.3, 0.4) is 0 Å². The SMILES string of the molecule is CNc1nc(NC(=O)OC)nc(N(C)C(=O)OC)n1. The van der Waals surface area contributed by atoms with Crippen molar-refractivity contribution in [3.8, 4) is 0 Å². The van der Waals surface area contributed by atoms with Crippen molar-refractivity contribution >= 4 is 30.0 Å². The number of hydrogen-bond acceptors (Lipinski definition) is 8. The molecule has 1 aromatic heterocycles. The van der Waals surface area contributed by atoms with E-state index in [1.807, 2.05) is 0 Å².